The number of nitrogens with zero attached hydrogens (tertiary/aromatic N) is 1. The van der Waals surface area contributed by atoms with Gasteiger partial charge in [-0.25, -0.2) is 0 Å². The first kappa shape index (κ1) is 5.98. The van der Waals surface area contributed by atoms with Crippen molar-refractivity contribution in [3.05, 3.63) is 0 Å². The van der Waals surface area contributed by atoms with Crippen LogP contribution in [-0.4, -0.2) is 31.4 Å². The molecule has 1 aliphatic heterocycles. The highest BCUT2D eigenvalue weighted by molar-refractivity contribution is 4.69. The molecule has 0 amide bonds. The lowest BCUT2D eigenvalue weighted by Gasteiger charge is -2.03. The van der Waals surface area contributed by atoms with Gasteiger partial charge in [-0.3, -0.25) is 0 Å². The van der Waals surface area contributed by atoms with E-state index in [1.54, 1.807) is 7.11 Å². The Balaban J connectivity index is 2.22. The molecular formula is C5H10FNO. The maximum absolute atomic E-state index is 12.1. The number of halogens is 1. The third-order valence-corrected chi connectivity index (χ3v) is 1.43. The Morgan fingerprint density at radius 3 is 2.75 bits per heavy atom. The summed E-state index contributed by atoms with van der Waals surface area (Å²) >= 11 is 0. The predicted octanol–water partition coefficient (Wildman–Crippen LogP) is 0.592. The minimum Gasteiger partial charge on any atom is -0.380 e. The lowest BCUT2D eigenvalue weighted by molar-refractivity contribution is 0.0279. The van der Waals surface area contributed by atoms with Crippen molar-refractivity contribution < 1.29 is 9.22 Å². The van der Waals surface area contributed by atoms with Crippen LogP contribution in [0.2, 0.25) is 0 Å². The number of hydrogen-bond donors (Lipinski definition) is 0. The second kappa shape index (κ2) is 2.42. The summed E-state index contributed by atoms with van der Waals surface area (Å²) in [5.74, 6) is 0. The Labute approximate surface area is 48.2 Å². The van der Waals surface area contributed by atoms with Gasteiger partial charge in [0.1, 0.15) is 0 Å². The van der Waals surface area contributed by atoms with Crippen LogP contribution in [0.15, 0.2) is 0 Å². The Morgan fingerprint density at radius 1 is 1.75 bits per heavy atom. The van der Waals surface area contributed by atoms with Crippen molar-refractivity contribution in [2.24, 2.45) is 0 Å². The fourth-order valence-electron chi connectivity index (χ4n) is 0.880. The van der Waals surface area contributed by atoms with Gasteiger partial charge in [-0.05, 0) is 6.42 Å². The van der Waals surface area contributed by atoms with Crippen LogP contribution in [-0.2, 0) is 4.74 Å². The molecule has 2 nitrogen and oxygen atoms in total. The van der Waals surface area contributed by atoms with Crippen molar-refractivity contribution in [3.63, 3.8) is 0 Å². The summed E-state index contributed by atoms with van der Waals surface area (Å²) < 4.78 is 17.0. The highest BCUT2D eigenvalue weighted by atomic mass is 19.2. The highest BCUT2D eigenvalue weighted by Crippen LogP contribution is 2.10. The van der Waals surface area contributed by atoms with Crippen LogP contribution >= 0.6 is 0 Å². The largest absolute Gasteiger partial charge is 0.380 e. The average Bonchev–Trinajstić information content (AvgIpc) is 2.14. The molecule has 1 fully saturated rings. The van der Waals surface area contributed by atoms with Crippen molar-refractivity contribution >= 4 is 0 Å². The summed E-state index contributed by atoms with van der Waals surface area (Å²) in [4.78, 5) is 0. The van der Waals surface area contributed by atoms with Gasteiger partial charge >= 0.3 is 0 Å². The van der Waals surface area contributed by atoms with E-state index in [1.807, 2.05) is 0 Å². The Kier molecular flexibility index (Phi) is 1.81. The molecule has 1 aliphatic rings. The smallest absolute Gasteiger partial charge is 0.0737 e. The summed E-state index contributed by atoms with van der Waals surface area (Å²) in [5, 5.41) is 0.786. The van der Waals surface area contributed by atoms with Crippen molar-refractivity contribution in [3.8, 4) is 0 Å². The maximum atomic E-state index is 12.1. The Bertz CT molecular complexity index is 78.8. The van der Waals surface area contributed by atoms with Crippen LogP contribution in [0.25, 0.3) is 0 Å². The van der Waals surface area contributed by atoms with E-state index in [2.05, 4.69) is 0 Å². The van der Waals surface area contributed by atoms with E-state index in [1.165, 1.54) is 0 Å². The van der Waals surface area contributed by atoms with Crippen LogP contribution in [0.3, 0.4) is 0 Å². The van der Waals surface area contributed by atoms with Gasteiger partial charge in [0.15, 0.2) is 0 Å². The van der Waals surface area contributed by atoms with Gasteiger partial charge in [-0.15, -0.1) is 9.60 Å². The molecule has 1 saturated heterocycles. The number of ether oxygens (including phenoxy) is 1. The van der Waals surface area contributed by atoms with Crippen molar-refractivity contribution in [2.45, 2.75) is 12.5 Å². The van der Waals surface area contributed by atoms with E-state index in [0.29, 0.717) is 13.1 Å². The Morgan fingerprint density at radius 2 is 2.50 bits per heavy atom. The molecule has 0 aromatic rings. The van der Waals surface area contributed by atoms with Crippen molar-refractivity contribution in [1.29, 1.82) is 0 Å². The van der Waals surface area contributed by atoms with Gasteiger partial charge in [0.05, 0.1) is 12.6 Å². The van der Waals surface area contributed by atoms with Crippen LogP contribution < -0.4 is 0 Å². The standard InChI is InChI=1S/C5H10FNO/c1-8-5-2-3-7(6)4-5/h5H,2-4H2,1H3. The minimum absolute atomic E-state index is 0.125. The van der Waals surface area contributed by atoms with E-state index >= 15 is 0 Å². The zero-order valence-corrected chi connectivity index (χ0v) is 4.93. The molecule has 0 bridgehead atoms. The first-order valence-electron chi connectivity index (χ1n) is 2.76. The quantitative estimate of drug-likeness (QED) is 0.468. The van der Waals surface area contributed by atoms with Gasteiger partial charge in [0.2, 0.25) is 0 Å². The lowest BCUT2D eigenvalue weighted by Crippen LogP contribution is -2.14. The van der Waals surface area contributed by atoms with Crippen LogP contribution in [0.5, 0.6) is 0 Å². The monoisotopic (exact) mass is 119 g/mol. The molecule has 8 heavy (non-hydrogen) atoms. The van der Waals surface area contributed by atoms with Crippen molar-refractivity contribution in [1.82, 2.24) is 5.12 Å². The molecule has 0 saturated carbocycles. The summed E-state index contributed by atoms with van der Waals surface area (Å²) in [6.07, 6.45) is 0.951. The summed E-state index contributed by atoms with van der Waals surface area (Å²) in [6.45, 7) is 0.967. The second-order valence-corrected chi connectivity index (χ2v) is 2.02. The van der Waals surface area contributed by atoms with E-state index in [-0.39, 0.29) is 6.10 Å². The minimum atomic E-state index is 0.125. The van der Waals surface area contributed by atoms with Crippen molar-refractivity contribution in [2.75, 3.05) is 20.2 Å². The zero-order valence-electron chi connectivity index (χ0n) is 4.93. The number of methoxy groups -OCH3 is 1. The van der Waals surface area contributed by atoms with Gasteiger partial charge in [0.25, 0.3) is 0 Å². The topological polar surface area (TPSA) is 12.5 Å². The first-order chi connectivity index (χ1) is 3.83. The predicted molar refractivity (Wildman–Crippen MR) is 28.1 cm³/mol. The van der Waals surface area contributed by atoms with E-state index in [4.69, 9.17) is 4.74 Å². The summed E-state index contributed by atoms with van der Waals surface area (Å²) in [7, 11) is 1.61. The van der Waals surface area contributed by atoms with Gasteiger partial charge in [0, 0.05) is 13.7 Å². The summed E-state index contributed by atoms with van der Waals surface area (Å²) in [6, 6.07) is 0. The molecule has 1 rings (SSSR count). The molecule has 0 aromatic carbocycles. The molecular weight excluding hydrogens is 109 g/mol. The van der Waals surface area contributed by atoms with E-state index in [9.17, 15) is 4.48 Å². The molecule has 0 aromatic heterocycles. The molecule has 1 heterocycles. The highest BCUT2D eigenvalue weighted by Gasteiger charge is 2.20. The molecule has 0 spiro atoms. The summed E-state index contributed by atoms with van der Waals surface area (Å²) in [5.41, 5.74) is 0. The van der Waals surface area contributed by atoms with E-state index in [0.717, 1.165) is 11.5 Å². The fourth-order valence-corrected chi connectivity index (χ4v) is 0.880. The molecule has 0 aliphatic carbocycles. The molecule has 0 radical (unpaired) electrons. The lowest BCUT2D eigenvalue weighted by atomic mass is 10.3. The molecule has 3 heteroatoms. The zero-order chi connectivity index (χ0) is 5.98. The third-order valence-electron chi connectivity index (χ3n) is 1.43. The van der Waals surface area contributed by atoms with Gasteiger partial charge in [-0.1, -0.05) is 0 Å². The second-order valence-electron chi connectivity index (χ2n) is 2.02. The fraction of sp³-hybridized carbons (Fsp3) is 1.00. The SMILES string of the molecule is COC1CCN(F)C1. The van der Waals surface area contributed by atoms with E-state index < -0.39 is 0 Å². The molecule has 0 N–H and O–H groups in total. The number of hydrogen-bond acceptors (Lipinski definition) is 2. The molecule has 1 atom stereocenters. The van der Waals surface area contributed by atoms with Gasteiger partial charge in [-0.2, -0.15) is 0 Å². The molecule has 1 unspecified atom stereocenters. The average molecular weight is 119 g/mol. The van der Waals surface area contributed by atoms with Crippen LogP contribution in [0, 0.1) is 0 Å². The third kappa shape index (κ3) is 1.17. The maximum Gasteiger partial charge on any atom is 0.0737 e. The van der Waals surface area contributed by atoms with Crippen LogP contribution in [0.1, 0.15) is 6.42 Å². The van der Waals surface area contributed by atoms with Gasteiger partial charge < -0.3 is 4.74 Å². The Hall–Kier alpha value is -0.150. The number of rotatable bonds is 1. The normalized spacial score (nSPS) is 31.5. The van der Waals surface area contributed by atoms with Crippen LogP contribution in [0.4, 0.5) is 4.48 Å². The first-order valence-corrected chi connectivity index (χ1v) is 2.76. The molecule has 48 valence electrons.